The van der Waals surface area contributed by atoms with Crippen LogP contribution in [0.25, 0.3) is 0 Å². The second kappa shape index (κ2) is 3.23. The van der Waals surface area contributed by atoms with E-state index < -0.39 is 5.38 Å². The Morgan fingerprint density at radius 3 is 3.10 bits per heavy atom. The number of halogens is 1. The molecular formula is C6H6ClN3. The monoisotopic (exact) mass is 155 g/mol. The van der Waals surface area contributed by atoms with Crippen LogP contribution in [-0.4, -0.2) is 14.9 Å². The molecule has 1 unspecified atom stereocenters. The number of nitriles is 1. The summed E-state index contributed by atoms with van der Waals surface area (Å²) < 4.78 is 1.76. The lowest BCUT2D eigenvalue weighted by molar-refractivity contribution is 0.720. The molecule has 0 spiro atoms. The molecule has 3 nitrogen and oxygen atoms in total. The van der Waals surface area contributed by atoms with E-state index in [4.69, 9.17) is 16.9 Å². The van der Waals surface area contributed by atoms with E-state index in [2.05, 4.69) is 4.98 Å². The first-order chi connectivity index (χ1) is 4.83. The molecular weight excluding hydrogens is 150 g/mol. The molecule has 0 saturated carbocycles. The van der Waals surface area contributed by atoms with E-state index in [9.17, 15) is 0 Å². The molecule has 0 N–H and O–H groups in total. The Labute approximate surface area is 63.9 Å². The van der Waals surface area contributed by atoms with Crippen molar-refractivity contribution in [2.75, 3.05) is 0 Å². The molecule has 0 saturated heterocycles. The van der Waals surface area contributed by atoms with E-state index in [1.807, 2.05) is 6.07 Å². The fourth-order valence-electron chi connectivity index (χ4n) is 0.621. The Balaban J connectivity index is 2.50. The molecule has 0 radical (unpaired) electrons. The van der Waals surface area contributed by atoms with Gasteiger partial charge in [0.1, 0.15) is 5.38 Å². The van der Waals surface area contributed by atoms with Crippen molar-refractivity contribution >= 4 is 11.6 Å². The molecule has 0 bridgehead atoms. The molecule has 0 aromatic carbocycles. The van der Waals surface area contributed by atoms with Crippen molar-refractivity contribution in [1.82, 2.24) is 9.55 Å². The van der Waals surface area contributed by atoms with E-state index in [1.54, 1.807) is 23.3 Å². The highest BCUT2D eigenvalue weighted by Gasteiger charge is 2.00. The highest BCUT2D eigenvalue weighted by Crippen LogP contribution is 1.97. The molecule has 0 aliphatic carbocycles. The van der Waals surface area contributed by atoms with Gasteiger partial charge in [0.05, 0.1) is 18.9 Å². The highest BCUT2D eigenvalue weighted by atomic mass is 35.5. The third-order valence-electron chi connectivity index (χ3n) is 1.07. The summed E-state index contributed by atoms with van der Waals surface area (Å²) in [7, 11) is 0. The molecule has 0 fully saturated rings. The van der Waals surface area contributed by atoms with Gasteiger partial charge in [-0.3, -0.25) is 0 Å². The van der Waals surface area contributed by atoms with Gasteiger partial charge in [0, 0.05) is 12.4 Å². The number of alkyl halides is 1. The molecule has 1 rings (SSSR count). The summed E-state index contributed by atoms with van der Waals surface area (Å²) in [6.45, 7) is 0.498. The fraction of sp³-hybridized carbons (Fsp3) is 0.333. The van der Waals surface area contributed by atoms with Gasteiger partial charge in [-0.05, 0) is 0 Å². The average molecular weight is 156 g/mol. The second-order valence-electron chi connectivity index (χ2n) is 1.86. The molecule has 10 heavy (non-hydrogen) atoms. The molecule has 52 valence electrons. The number of nitrogens with zero attached hydrogens (tertiary/aromatic N) is 3. The number of hydrogen-bond donors (Lipinski definition) is 0. The van der Waals surface area contributed by atoms with Crippen LogP contribution < -0.4 is 0 Å². The fourth-order valence-corrected chi connectivity index (χ4v) is 0.780. The maximum Gasteiger partial charge on any atom is 0.138 e. The lowest BCUT2D eigenvalue weighted by Crippen LogP contribution is -2.05. The maximum absolute atomic E-state index is 8.32. The topological polar surface area (TPSA) is 41.6 Å². The minimum absolute atomic E-state index is 0.464. The van der Waals surface area contributed by atoms with Crippen LogP contribution in [0.1, 0.15) is 0 Å². The molecule has 0 amide bonds. The van der Waals surface area contributed by atoms with Crippen molar-refractivity contribution in [3.8, 4) is 6.07 Å². The van der Waals surface area contributed by atoms with Gasteiger partial charge in [-0.2, -0.15) is 5.26 Å². The van der Waals surface area contributed by atoms with E-state index in [-0.39, 0.29) is 0 Å². The van der Waals surface area contributed by atoms with Crippen molar-refractivity contribution in [3.63, 3.8) is 0 Å². The Bertz CT molecular complexity index is 224. The smallest absolute Gasteiger partial charge is 0.138 e. The first kappa shape index (κ1) is 7.10. The summed E-state index contributed by atoms with van der Waals surface area (Å²) in [6, 6.07) is 1.92. The van der Waals surface area contributed by atoms with Crippen LogP contribution in [0.4, 0.5) is 0 Å². The zero-order chi connectivity index (χ0) is 7.40. The van der Waals surface area contributed by atoms with Crippen molar-refractivity contribution in [2.24, 2.45) is 0 Å². The standard InChI is InChI=1S/C6H6ClN3/c7-6(3-8)4-10-2-1-9-5-10/h1-2,5-6H,4H2. The van der Waals surface area contributed by atoms with Crippen LogP contribution in [0, 0.1) is 11.3 Å². The summed E-state index contributed by atoms with van der Waals surface area (Å²) in [5.74, 6) is 0. The normalized spacial score (nSPS) is 12.4. The van der Waals surface area contributed by atoms with Crippen LogP contribution in [0.15, 0.2) is 18.7 Å². The second-order valence-corrected chi connectivity index (χ2v) is 2.38. The lowest BCUT2D eigenvalue weighted by Gasteiger charge is -1.99. The highest BCUT2D eigenvalue weighted by molar-refractivity contribution is 6.22. The van der Waals surface area contributed by atoms with Gasteiger partial charge in [-0.1, -0.05) is 0 Å². The third-order valence-corrected chi connectivity index (χ3v) is 1.31. The zero-order valence-electron chi connectivity index (χ0n) is 5.24. The van der Waals surface area contributed by atoms with Crippen molar-refractivity contribution in [3.05, 3.63) is 18.7 Å². The molecule has 1 atom stereocenters. The Morgan fingerprint density at radius 2 is 2.60 bits per heavy atom. The minimum Gasteiger partial charge on any atom is -0.335 e. The van der Waals surface area contributed by atoms with Gasteiger partial charge in [-0.15, -0.1) is 11.6 Å². The summed E-state index contributed by atoms with van der Waals surface area (Å²) in [5, 5.41) is 7.85. The first-order valence-corrected chi connectivity index (χ1v) is 3.26. The van der Waals surface area contributed by atoms with Crippen LogP contribution in [-0.2, 0) is 6.54 Å². The number of aromatic nitrogens is 2. The molecule has 0 aliphatic rings. The SMILES string of the molecule is N#CC(Cl)Cn1ccnc1. The lowest BCUT2D eigenvalue weighted by atomic mass is 10.4. The van der Waals surface area contributed by atoms with E-state index in [0.717, 1.165) is 0 Å². The summed E-state index contributed by atoms with van der Waals surface area (Å²) in [5.41, 5.74) is 0. The van der Waals surface area contributed by atoms with Crippen molar-refractivity contribution in [1.29, 1.82) is 5.26 Å². The van der Waals surface area contributed by atoms with Gasteiger partial charge < -0.3 is 4.57 Å². The van der Waals surface area contributed by atoms with E-state index in [1.165, 1.54) is 0 Å². The van der Waals surface area contributed by atoms with Gasteiger partial charge in [-0.25, -0.2) is 4.98 Å². The maximum atomic E-state index is 8.32. The largest absolute Gasteiger partial charge is 0.335 e. The molecule has 1 aromatic rings. The van der Waals surface area contributed by atoms with Crippen molar-refractivity contribution < 1.29 is 0 Å². The third kappa shape index (κ3) is 1.74. The predicted molar refractivity (Wildman–Crippen MR) is 37.5 cm³/mol. The number of imidazole rings is 1. The van der Waals surface area contributed by atoms with E-state index in [0.29, 0.717) is 6.54 Å². The minimum atomic E-state index is -0.464. The molecule has 0 aliphatic heterocycles. The quantitative estimate of drug-likeness (QED) is 0.599. The Kier molecular flexibility index (Phi) is 2.30. The van der Waals surface area contributed by atoms with Gasteiger partial charge in [0.15, 0.2) is 0 Å². The van der Waals surface area contributed by atoms with Gasteiger partial charge >= 0.3 is 0 Å². The van der Waals surface area contributed by atoms with E-state index >= 15 is 0 Å². The predicted octanol–water partition coefficient (Wildman–Crippen LogP) is 1.01. The first-order valence-electron chi connectivity index (χ1n) is 2.82. The van der Waals surface area contributed by atoms with Crippen LogP contribution >= 0.6 is 11.6 Å². The summed E-state index contributed by atoms with van der Waals surface area (Å²) in [6.07, 6.45) is 5.06. The Hall–Kier alpha value is -1.01. The van der Waals surface area contributed by atoms with Crippen LogP contribution in [0.2, 0.25) is 0 Å². The molecule has 1 heterocycles. The van der Waals surface area contributed by atoms with Crippen LogP contribution in [0.5, 0.6) is 0 Å². The van der Waals surface area contributed by atoms with Crippen LogP contribution in [0.3, 0.4) is 0 Å². The van der Waals surface area contributed by atoms with Crippen molar-refractivity contribution in [2.45, 2.75) is 11.9 Å². The number of rotatable bonds is 2. The average Bonchev–Trinajstić information content (AvgIpc) is 2.40. The van der Waals surface area contributed by atoms with Gasteiger partial charge in [0.2, 0.25) is 0 Å². The Morgan fingerprint density at radius 1 is 1.80 bits per heavy atom. The van der Waals surface area contributed by atoms with Gasteiger partial charge in [0.25, 0.3) is 0 Å². The summed E-state index contributed by atoms with van der Waals surface area (Å²) in [4.78, 5) is 3.80. The number of hydrogen-bond acceptors (Lipinski definition) is 2. The molecule has 4 heteroatoms. The zero-order valence-corrected chi connectivity index (χ0v) is 5.99. The summed E-state index contributed by atoms with van der Waals surface area (Å²) >= 11 is 5.55. The molecule has 1 aromatic heterocycles.